The average molecular weight is 323 g/mol. The van der Waals surface area contributed by atoms with Crippen molar-refractivity contribution < 1.29 is 5.11 Å². The molecule has 0 bridgehead atoms. The molecule has 24 heavy (non-hydrogen) atoms. The number of aliphatic hydroxyl groups is 1. The normalized spacial score (nSPS) is 15.2. The van der Waals surface area contributed by atoms with Crippen LogP contribution in [0.1, 0.15) is 37.4 Å². The third-order valence-corrected chi connectivity index (χ3v) is 4.61. The van der Waals surface area contributed by atoms with Gasteiger partial charge in [0.2, 0.25) is 0 Å². The molecule has 6 nitrogen and oxygen atoms in total. The van der Waals surface area contributed by atoms with Gasteiger partial charge in [-0.3, -0.25) is 0 Å². The van der Waals surface area contributed by atoms with Crippen LogP contribution in [0.5, 0.6) is 0 Å². The van der Waals surface area contributed by atoms with E-state index in [1.807, 2.05) is 29.1 Å². The quantitative estimate of drug-likeness (QED) is 0.756. The minimum atomic E-state index is 0.0539. The molecule has 1 saturated carbocycles. The molecule has 1 aliphatic rings. The molecule has 1 aromatic carbocycles. The second-order valence-corrected chi connectivity index (χ2v) is 6.24. The molecule has 0 amide bonds. The molecule has 2 N–H and O–H groups in total. The van der Waals surface area contributed by atoms with E-state index >= 15 is 0 Å². The second-order valence-electron chi connectivity index (χ2n) is 6.24. The molecule has 1 aliphatic carbocycles. The number of nitrogens with one attached hydrogen (secondary N) is 1. The summed E-state index contributed by atoms with van der Waals surface area (Å²) >= 11 is 0. The van der Waals surface area contributed by atoms with Gasteiger partial charge in [0.15, 0.2) is 11.6 Å². The van der Waals surface area contributed by atoms with Gasteiger partial charge < -0.3 is 10.1 Å². The van der Waals surface area contributed by atoms with Crippen LogP contribution in [0, 0.1) is 0 Å². The number of hydrogen-bond acceptors (Lipinski definition) is 4. The van der Waals surface area contributed by atoms with Crippen LogP contribution in [0.2, 0.25) is 0 Å². The maximum Gasteiger partial charge on any atom is 0.158 e. The highest BCUT2D eigenvalue weighted by Crippen LogP contribution is 2.33. The average Bonchev–Trinajstić information content (AvgIpc) is 3.36. The first-order valence-corrected chi connectivity index (χ1v) is 8.51. The fraction of sp³-hybridized carbons (Fsp3) is 0.389. The number of H-pyrrole nitrogens is 1. The molecule has 0 saturated heterocycles. The van der Waals surface area contributed by atoms with E-state index in [4.69, 9.17) is 4.98 Å². The molecule has 0 atom stereocenters. The number of aromatic amines is 1. The molecule has 0 radical (unpaired) electrons. The maximum absolute atomic E-state index is 9.37. The van der Waals surface area contributed by atoms with Gasteiger partial charge in [-0.15, -0.1) is 0 Å². The highest BCUT2D eigenvalue weighted by atomic mass is 16.3. The Morgan fingerprint density at radius 1 is 1.21 bits per heavy atom. The van der Waals surface area contributed by atoms with E-state index in [-0.39, 0.29) is 6.61 Å². The largest absolute Gasteiger partial charge is 0.394 e. The lowest BCUT2D eigenvalue weighted by Gasteiger charge is -2.05. The topological polar surface area (TPSA) is 79.6 Å². The number of benzene rings is 1. The van der Waals surface area contributed by atoms with Gasteiger partial charge in [-0.1, -0.05) is 31.0 Å². The molecule has 2 aromatic heterocycles. The Balaban J connectivity index is 1.73. The van der Waals surface area contributed by atoms with Crippen molar-refractivity contribution >= 4 is 0 Å². The molecule has 124 valence electrons. The second kappa shape index (κ2) is 6.57. The minimum absolute atomic E-state index is 0.0539. The Bertz CT molecular complexity index is 803. The zero-order chi connectivity index (χ0) is 16.4. The zero-order valence-corrected chi connectivity index (χ0v) is 13.5. The molecule has 3 aromatic rings. The summed E-state index contributed by atoms with van der Waals surface area (Å²) < 4.78 is 1.83. The third-order valence-electron chi connectivity index (χ3n) is 4.61. The molecule has 2 heterocycles. The standard InChI is InChI=1S/C18H21N5O/c24-11-10-23-18(21-17(22-23)13-4-1-2-5-13)15-7-3-6-14(12-15)16-19-8-9-20-16/h3,6-9,12-13,24H,1-2,4-5,10-11H2,(H,19,20). The van der Waals surface area contributed by atoms with Crippen LogP contribution in [-0.2, 0) is 6.54 Å². The highest BCUT2D eigenvalue weighted by molar-refractivity contribution is 5.66. The van der Waals surface area contributed by atoms with Gasteiger partial charge in [0.25, 0.3) is 0 Å². The molecule has 6 heteroatoms. The summed E-state index contributed by atoms with van der Waals surface area (Å²) in [5.74, 6) is 3.02. The van der Waals surface area contributed by atoms with Crippen LogP contribution in [0.3, 0.4) is 0 Å². The SMILES string of the molecule is OCCn1nc(C2CCCC2)nc1-c1cccc(-c2ncc[nH]2)c1. The van der Waals surface area contributed by atoms with Crippen LogP contribution in [0.25, 0.3) is 22.8 Å². The van der Waals surface area contributed by atoms with E-state index in [2.05, 4.69) is 21.1 Å². The molecular formula is C18H21N5O. The Morgan fingerprint density at radius 3 is 2.79 bits per heavy atom. The van der Waals surface area contributed by atoms with Crippen LogP contribution in [-0.4, -0.2) is 36.4 Å². The van der Waals surface area contributed by atoms with E-state index in [1.54, 1.807) is 6.20 Å². The van der Waals surface area contributed by atoms with Crippen molar-refractivity contribution in [2.75, 3.05) is 6.61 Å². The summed E-state index contributed by atoms with van der Waals surface area (Å²) in [5.41, 5.74) is 2.01. The molecule has 0 spiro atoms. The first-order valence-electron chi connectivity index (χ1n) is 8.51. The van der Waals surface area contributed by atoms with Gasteiger partial charge in [-0.25, -0.2) is 14.6 Å². The number of rotatable bonds is 5. The number of nitrogens with zero attached hydrogens (tertiary/aromatic N) is 4. The number of aromatic nitrogens is 5. The Morgan fingerprint density at radius 2 is 2.04 bits per heavy atom. The van der Waals surface area contributed by atoms with Gasteiger partial charge >= 0.3 is 0 Å². The van der Waals surface area contributed by atoms with Crippen LogP contribution >= 0.6 is 0 Å². The lowest BCUT2D eigenvalue weighted by Crippen LogP contribution is -2.06. The number of aliphatic hydroxyl groups excluding tert-OH is 1. The van der Waals surface area contributed by atoms with Crippen molar-refractivity contribution in [1.29, 1.82) is 0 Å². The highest BCUT2D eigenvalue weighted by Gasteiger charge is 2.23. The van der Waals surface area contributed by atoms with E-state index in [0.717, 1.165) is 41.4 Å². The molecule has 1 fully saturated rings. The molecular weight excluding hydrogens is 302 g/mol. The summed E-state index contributed by atoms with van der Waals surface area (Å²) in [7, 11) is 0. The van der Waals surface area contributed by atoms with Crippen molar-refractivity contribution in [3.05, 3.63) is 42.5 Å². The van der Waals surface area contributed by atoms with Crippen molar-refractivity contribution in [3.8, 4) is 22.8 Å². The first-order chi connectivity index (χ1) is 11.8. The van der Waals surface area contributed by atoms with Gasteiger partial charge in [-0.05, 0) is 18.9 Å². The van der Waals surface area contributed by atoms with Crippen LogP contribution in [0.4, 0.5) is 0 Å². The Labute approximate surface area is 140 Å². The fourth-order valence-corrected chi connectivity index (χ4v) is 3.41. The van der Waals surface area contributed by atoms with E-state index in [1.165, 1.54) is 12.8 Å². The minimum Gasteiger partial charge on any atom is -0.394 e. The predicted molar refractivity (Wildman–Crippen MR) is 91.3 cm³/mol. The summed E-state index contributed by atoms with van der Waals surface area (Å²) in [5, 5.41) is 14.0. The van der Waals surface area contributed by atoms with E-state index in [0.29, 0.717) is 12.5 Å². The van der Waals surface area contributed by atoms with E-state index in [9.17, 15) is 5.11 Å². The maximum atomic E-state index is 9.37. The monoisotopic (exact) mass is 323 g/mol. The van der Waals surface area contributed by atoms with Gasteiger partial charge in [0.05, 0.1) is 13.2 Å². The van der Waals surface area contributed by atoms with Crippen molar-refractivity contribution in [2.24, 2.45) is 0 Å². The van der Waals surface area contributed by atoms with Gasteiger partial charge in [-0.2, -0.15) is 5.10 Å². The third kappa shape index (κ3) is 2.85. The first kappa shape index (κ1) is 15.1. The smallest absolute Gasteiger partial charge is 0.158 e. The van der Waals surface area contributed by atoms with Crippen molar-refractivity contribution in [3.63, 3.8) is 0 Å². The Hall–Kier alpha value is -2.47. The summed E-state index contributed by atoms with van der Waals surface area (Å²) in [6.45, 7) is 0.512. The fourth-order valence-electron chi connectivity index (χ4n) is 3.41. The number of hydrogen-bond donors (Lipinski definition) is 2. The summed E-state index contributed by atoms with van der Waals surface area (Å²) in [6, 6.07) is 8.12. The van der Waals surface area contributed by atoms with Crippen molar-refractivity contribution in [1.82, 2.24) is 24.7 Å². The summed E-state index contributed by atoms with van der Waals surface area (Å²) in [6.07, 6.45) is 8.39. The van der Waals surface area contributed by atoms with Crippen molar-refractivity contribution in [2.45, 2.75) is 38.1 Å². The zero-order valence-electron chi connectivity index (χ0n) is 13.5. The van der Waals surface area contributed by atoms with Crippen LogP contribution in [0.15, 0.2) is 36.7 Å². The number of imidazole rings is 1. The lowest BCUT2D eigenvalue weighted by molar-refractivity contribution is 0.269. The van der Waals surface area contributed by atoms with Gasteiger partial charge in [0.1, 0.15) is 5.82 Å². The molecule has 0 unspecified atom stereocenters. The molecule has 0 aliphatic heterocycles. The van der Waals surface area contributed by atoms with E-state index < -0.39 is 0 Å². The molecule has 4 rings (SSSR count). The van der Waals surface area contributed by atoms with Crippen LogP contribution < -0.4 is 0 Å². The van der Waals surface area contributed by atoms with Gasteiger partial charge in [0, 0.05) is 29.4 Å². The summed E-state index contributed by atoms with van der Waals surface area (Å²) in [4.78, 5) is 12.3. The lowest BCUT2D eigenvalue weighted by atomic mass is 10.1. The Kier molecular flexibility index (Phi) is 4.13. The predicted octanol–water partition coefficient (Wildman–Crippen LogP) is 2.99.